The topological polar surface area (TPSA) is 61.1 Å². The van der Waals surface area contributed by atoms with Gasteiger partial charge in [0.15, 0.2) is 0 Å². The molecule has 0 saturated heterocycles. The molecule has 0 spiro atoms. The summed E-state index contributed by atoms with van der Waals surface area (Å²) in [7, 11) is 0. The smallest absolute Gasteiger partial charge is 0.203 e. The van der Waals surface area contributed by atoms with E-state index in [-0.39, 0.29) is 0 Å². The van der Waals surface area contributed by atoms with Crippen LogP contribution in [0, 0.1) is 25.2 Å². The number of hydrogen-bond donors (Lipinski definition) is 1. The SMILES string of the molecule is Cc1csc(NN=Cc2ccc(C#N)c(C)c2)n1. The Morgan fingerprint density at radius 1 is 1.44 bits per heavy atom. The van der Waals surface area contributed by atoms with Crippen LogP contribution in [-0.2, 0) is 0 Å². The van der Waals surface area contributed by atoms with Crippen LogP contribution in [0.2, 0.25) is 0 Å². The van der Waals surface area contributed by atoms with Crippen LogP contribution in [0.1, 0.15) is 22.4 Å². The summed E-state index contributed by atoms with van der Waals surface area (Å²) in [5, 5.41) is 15.7. The van der Waals surface area contributed by atoms with Gasteiger partial charge in [-0.15, -0.1) is 11.3 Å². The van der Waals surface area contributed by atoms with E-state index in [4.69, 9.17) is 5.26 Å². The molecule has 0 aliphatic heterocycles. The molecule has 0 unspecified atom stereocenters. The molecule has 0 fully saturated rings. The highest BCUT2D eigenvalue weighted by Crippen LogP contribution is 2.14. The van der Waals surface area contributed by atoms with Crippen molar-refractivity contribution < 1.29 is 0 Å². The van der Waals surface area contributed by atoms with Crippen molar-refractivity contribution in [3.8, 4) is 6.07 Å². The average Bonchev–Trinajstić information content (AvgIpc) is 2.75. The van der Waals surface area contributed by atoms with Gasteiger partial charge in [-0.05, 0) is 37.1 Å². The fourth-order valence-corrected chi connectivity index (χ4v) is 2.10. The van der Waals surface area contributed by atoms with E-state index in [1.807, 2.05) is 31.4 Å². The molecule has 1 N–H and O–H groups in total. The third kappa shape index (κ3) is 2.93. The fourth-order valence-electron chi connectivity index (χ4n) is 1.46. The molecule has 0 saturated carbocycles. The second-order valence-electron chi connectivity index (χ2n) is 3.85. The third-order valence-electron chi connectivity index (χ3n) is 2.36. The first-order valence-electron chi connectivity index (χ1n) is 5.41. The highest BCUT2D eigenvalue weighted by Gasteiger charge is 1.98. The normalized spacial score (nSPS) is 10.5. The van der Waals surface area contributed by atoms with Crippen LogP contribution < -0.4 is 5.43 Å². The van der Waals surface area contributed by atoms with Gasteiger partial charge in [0, 0.05) is 5.38 Å². The van der Waals surface area contributed by atoms with Crippen molar-refractivity contribution in [1.29, 1.82) is 5.26 Å². The molecule has 1 aromatic carbocycles. The van der Waals surface area contributed by atoms with Crippen LogP contribution in [0.25, 0.3) is 0 Å². The van der Waals surface area contributed by atoms with Crippen LogP contribution in [0.4, 0.5) is 5.13 Å². The molecule has 18 heavy (non-hydrogen) atoms. The first-order valence-corrected chi connectivity index (χ1v) is 6.29. The number of aryl methyl sites for hydroxylation is 2. The van der Waals surface area contributed by atoms with E-state index >= 15 is 0 Å². The molecule has 2 aromatic rings. The monoisotopic (exact) mass is 256 g/mol. The van der Waals surface area contributed by atoms with Crippen molar-refractivity contribution in [1.82, 2.24) is 4.98 Å². The van der Waals surface area contributed by atoms with Crippen molar-refractivity contribution in [2.45, 2.75) is 13.8 Å². The molecule has 0 amide bonds. The van der Waals surface area contributed by atoms with Crippen LogP contribution in [0.3, 0.4) is 0 Å². The van der Waals surface area contributed by atoms with Crippen LogP contribution in [0.5, 0.6) is 0 Å². The standard InChI is InChI=1S/C13H12N4S/c1-9-5-11(3-4-12(9)6-14)7-15-17-13-16-10(2)8-18-13/h3-5,7-8H,1-2H3,(H,16,17). The number of nitrogens with zero attached hydrogens (tertiary/aromatic N) is 3. The zero-order valence-corrected chi connectivity index (χ0v) is 11.0. The molecule has 0 bridgehead atoms. The van der Waals surface area contributed by atoms with Gasteiger partial charge < -0.3 is 0 Å². The van der Waals surface area contributed by atoms with E-state index in [0.29, 0.717) is 5.56 Å². The summed E-state index contributed by atoms with van der Waals surface area (Å²) < 4.78 is 0. The lowest BCUT2D eigenvalue weighted by molar-refractivity contribution is 1.22. The molecular weight excluding hydrogens is 244 g/mol. The number of hydrazone groups is 1. The van der Waals surface area contributed by atoms with Crippen molar-refractivity contribution in [2.75, 3.05) is 5.43 Å². The van der Waals surface area contributed by atoms with Crippen LogP contribution >= 0.6 is 11.3 Å². The zero-order valence-electron chi connectivity index (χ0n) is 10.1. The van der Waals surface area contributed by atoms with Gasteiger partial charge in [0.2, 0.25) is 5.13 Å². The number of thiazole rings is 1. The third-order valence-corrected chi connectivity index (χ3v) is 3.23. The molecule has 0 aliphatic rings. The van der Waals surface area contributed by atoms with Crippen LogP contribution in [0.15, 0.2) is 28.7 Å². The minimum Gasteiger partial charge on any atom is -0.253 e. The molecule has 0 radical (unpaired) electrons. The van der Waals surface area contributed by atoms with Gasteiger partial charge >= 0.3 is 0 Å². The van der Waals surface area contributed by atoms with Gasteiger partial charge in [-0.3, -0.25) is 5.43 Å². The van der Waals surface area contributed by atoms with Gasteiger partial charge in [-0.1, -0.05) is 6.07 Å². The molecular formula is C13H12N4S. The number of anilines is 1. The highest BCUT2D eigenvalue weighted by molar-refractivity contribution is 7.13. The quantitative estimate of drug-likeness (QED) is 0.678. The first-order chi connectivity index (χ1) is 8.69. The van der Waals surface area contributed by atoms with Crippen molar-refractivity contribution in [3.05, 3.63) is 46.0 Å². The molecule has 1 heterocycles. The van der Waals surface area contributed by atoms with E-state index in [0.717, 1.165) is 22.0 Å². The second-order valence-corrected chi connectivity index (χ2v) is 4.71. The Morgan fingerprint density at radius 2 is 2.28 bits per heavy atom. The van der Waals surface area contributed by atoms with Crippen LogP contribution in [-0.4, -0.2) is 11.2 Å². The summed E-state index contributed by atoms with van der Waals surface area (Å²) in [5.41, 5.74) is 6.44. The minimum absolute atomic E-state index is 0.690. The lowest BCUT2D eigenvalue weighted by Gasteiger charge is -1.98. The Labute approximate surface area is 110 Å². The molecule has 90 valence electrons. The molecule has 0 atom stereocenters. The molecule has 0 aliphatic carbocycles. The summed E-state index contributed by atoms with van der Waals surface area (Å²) in [6.07, 6.45) is 1.71. The number of nitrogens with one attached hydrogen (secondary N) is 1. The average molecular weight is 256 g/mol. The Hall–Kier alpha value is -2.19. The second kappa shape index (κ2) is 5.43. The van der Waals surface area contributed by atoms with Gasteiger partial charge in [-0.2, -0.15) is 10.4 Å². The summed E-state index contributed by atoms with van der Waals surface area (Å²) in [5.74, 6) is 0. The van der Waals surface area contributed by atoms with E-state index in [2.05, 4.69) is 21.6 Å². The number of benzene rings is 1. The van der Waals surface area contributed by atoms with Gasteiger partial charge in [0.05, 0.1) is 23.5 Å². The predicted octanol–water partition coefficient (Wildman–Crippen LogP) is 3.08. The largest absolute Gasteiger partial charge is 0.253 e. The number of rotatable bonds is 3. The number of aromatic nitrogens is 1. The zero-order chi connectivity index (χ0) is 13.0. The Morgan fingerprint density at radius 3 is 2.89 bits per heavy atom. The van der Waals surface area contributed by atoms with Crippen molar-refractivity contribution in [2.24, 2.45) is 5.10 Å². The lowest BCUT2D eigenvalue weighted by Crippen LogP contribution is -1.91. The summed E-state index contributed by atoms with van der Waals surface area (Å²) in [6, 6.07) is 7.73. The van der Waals surface area contributed by atoms with E-state index < -0.39 is 0 Å². The Bertz CT molecular complexity index is 622. The van der Waals surface area contributed by atoms with E-state index in [9.17, 15) is 0 Å². The Kier molecular flexibility index (Phi) is 3.70. The maximum Gasteiger partial charge on any atom is 0.203 e. The maximum absolute atomic E-state index is 8.83. The number of hydrogen-bond acceptors (Lipinski definition) is 5. The van der Waals surface area contributed by atoms with Crippen molar-refractivity contribution in [3.63, 3.8) is 0 Å². The molecule has 5 heteroatoms. The minimum atomic E-state index is 0.690. The van der Waals surface area contributed by atoms with Gasteiger partial charge in [-0.25, -0.2) is 4.98 Å². The molecule has 1 aromatic heterocycles. The predicted molar refractivity (Wildman–Crippen MR) is 74.0 cm³/mol. The molecule has 2 rings (SSSR count). The highest BCUT2D eigenvalue weighted by atomic mass is 32.1. The Balaban J connectivity index is 2.05. The summed E-state index contributed by atoms with van der Waals surface area (Å²) in [6.45, 7) is 3.85. The summed E-state index contributed by atoms with van der Waals surface area (Å²) in [4.78, 5) is 4.24. The van der Waals surface area contributed by atoms with Gasteiger partial charge in [0.25, 0.3) is 0 Å². The molecule has 4 nitrogen and oxygen atoms in total. The fraction of sp³-hybridized carbons (Fsp3) is 0.154. The maximum atomic E-state index is 8.83. The number of nitriles is 1. The van der Waals surface area contributed by atoms with E-state index in [1.165, 1.54) is 11.3 Å². The van der Waals surface area contributed by atoms with Crippen molar-refractivity contribution >= 4 is 22.7 Å². The lowest BCUT2D eigenvalue weighted by atomic mass is 10.1. The van der Waals surface area contributed by atoms with E-state index in [1.54, 1.807) is 12.3 Å². The van der Waals surface area contributed by atoms with Gasteiger partial charge in [0.1, 0.15) is 0 Å². The first kappa shape index (κ1) is 12.3. The summed E-state index contributed by atoms with van der Waals surface area (Å²) >= 11 is 1.51.